The zero-order chi connectivity index (χ0) is 14.0. The van der Waals surface area contributed by atoms with Gasteiger partial charge in [0.1, 0.15) is 5.76 Å². The smallest absolute Gasteiger partial charge is 0.276 e. The molecule has 1 saturated heterocycles. The Bertz CT molecular complexity index is 471. The van der Waals surface area contributed by atoms with Gasteiger partial charge in [-0.05, 0) is 26.2 Å². The molecule has 0 spiro atoms. The lowest BCUT2D eigenvalue weighted by Gasteiger charge is -2.24. The Labute approximate surface area is 112 Å². The van der Waals surface area contributed by atoms with Crippen molar-refractivity contribution in [2.45, 2.75) is 38.7 Å². The third kappa shape index (κ3) is 2.96. The predicted molar refractivity (Wildman–Crippen MR) is 67.8 cm³/mol. The standard InChI is InChI=1S/C13H20N2O4/c1-9-11(14-10(2)19-9)12(17)15-6-3-4-13(18,8-16)5-7-15/h16,18H,3-8H2,1-2H3/t13-/m0/s1. The normalized spacial score (nSPS) is 24.3. The molecule has 1 aliphatic rings. The van der Waals surface area contributed by atoms with Gasteiger partial charge in [-0.25, -0.2) is 4.98 Å². The number of amides is 1. The molecule has 2 heterocycles. The average Bonchev–Trinajstić information content (AvgIpc) is 2.60. The summed E-state index contributed by atoms with van der Waals surface area (Å²) in [7, 11) is 0. The van der Waals surface area contributed by atoms with E-state index >= 15 is 0 Å². The van der Waals surface area contributed by atoms with Gasteiger partial charge in [-0.15, -0.1) is 0 Å². The summed E-state index contributed by atoms with van der Waals surface area (Å²) in [6.45, 7) is 4.14. The van der Waals surface area contributed by atoms with Crippen LogP contribution in [-0.4, -0.2) is 51.3 Å². The van der Waals surface area contributed by atoms with Gasteiger partial charge in [0.15, 0.2) is 11.6 Å². The number of aliphatic hydroxyl groups is 2. The first-order valence-corrected chi connectivity index (χ1v) is 6.52. The summed E-state index contributed by atoms with van der Waals surface area (Å²) < 4.78 is 5.27. The van der Waals surface area contributed by atoms with Crippen LogP contribution in [0.4, 0.5) is 0 Å². The Morgan fingerprint density at radius 2 is 2.16 bits per heavy atom. The number of aryl methyl sites for hydroxylation is 2. The van der Waals surface area contributed by atoms with E-state index in [1.165, 1.54) is 0 Å². The van der Waals surface area contributed by atoms with Crippen LogP contribution in [0, 0.1) is 13.8 Å². The van der Waals surface area contributed by atoms with Crippen molar-refractivity contribution in [1.29, 1.82) is 0 Å². The van der Waals surface area contributed by atoms with Crippen molar-refractivity contribution in [3.63, 3.8) is 0 Å². The SMILES string of the molecule is Cc1nc(C(=O)N2CCC[C@@](O)(CO)CC2)c(C)o1. The van der Waals surface area contributed by atoms with Crippen LogP contribution in [0.25, 0.3) is 0 Å². The van der Waals surface area contributed by atoms with Crippen LogP contribution in [0.15, 0.2) is 4.42 Å². The molecule has 1 aromatic heterocycles. The second kappa shape index (κ2) is 5.30. The zero-order valence-corrected chi connectivity index (χ0v) is 11.3. The van der Waals surface area contributed by atoms with Gasteiger partial charge >= 0.3 is 0 Å². The zero-order valence-electron chi connectivity index (χ0n) is 11.3. The van der Waals surface area contributed by atoms with E-state index < -0.39 is 5.60 Å². The maximum absolute atomic E-state index is 12.3. The minimum Gasteiger partial charge on any atom is -0.445 e. The maximum atomic E-state index is 12.3. The minimum absolute atomic E-state index is 0.170. The van der Waals surface area contributed by atoms with Crippen LogP contribution >= 0.6 is 0 Å². The monoisotopic (exact) mass is 268 g/mol. The Balaban J connectivity index is 2.10. The summed E-state index contributed by atoms with van der Waals surface area (Å²) >= 11 is 0. The molecule has 6 heteroatoms. The van der Waals surface area contributed by atoms with E-state index in [2.05, 4.69) is 4.98 Å². The highest BCUT2D eigenvalue weighted by Gasteiger charge is 2.32. The quantitative estimate of drug-likeness (QED) is 0.822. The minimum atomic E-state index is -1.07. The fourth-order valence-electron chi connectivity index (χ4n) is 2.42. The molecule has 0 aromatic carbocycles. The largest absolute Gasteiger partial charge is 0.445 e. The summed E-state index contributed by atoms with van der Waals surface area (Å²) in [6, 6.07) is 0. The lowest BCUT2D eigenvalue weighted by molar-refractivity contribution is -0.0250. The van der Waals surface area contributed by atoms with Crippen molar-refractivity contribution >= 4 is 5.91 Å². The van der Waals surface area contributed by atoms with Crippen LogP contribution in [-0.2, 0) is 0 Å². The third-order valence-electron chi connectivity index (χ3n) is 3.60. The molecule has 1 amide bonds. The summed E-state index contributed by atoms with van der Waals surface area (Å²) in [5, 5.41) is 19.3. The molecule has 0 unspecified atom stereocenters. The van der Waals surface area contributed by atoms with Gasteiger partial charge < -0.3 is 19.5 Å². The van der Waals surface area contributed by atoms with Crippen LogP contribution in [0.1, 0.15) is 41.4 Å². The second-order valence-corrected chi connectivity index (χ2v) is 5.17. The molecule has 2 rings (SSSR count). The molecule has 1 fully saturated rings. The lowest BCUT2D eigenvalue weighted by atomic mass is 9.96. The maximum Gasteiger partial charge on any atom is 0.276 e. The average molecular weight is 268 g/mol. The van der Waals surface area contributed by atoms with E-state index in [0.717, 1.165) is 0 Å². The van der Waals surface area contributed by atoms with Gasteiger partial charge in [0.25, 0.3) is 5.91 Å². The number of carbonyl (C=O) groups is 1. The van der Waals surface area contributed by atoms with Crippen LogP contribution in [0.5, 0.6) is 0 Å². The number of hydrogen-bond donors (Lipinski definition) is 2. The number of aromatic nitrogens is 1. The fourth-order valence-corrected chi connectivity index (χ4v) is 2.42. The molecule has 19 heavy (non-hydrogen) atoms. The molecule has 1 aromatic rings. The van der Waals surface area contributed by atoms with E-state index in [4.69, 9.17) is 4.42 Å². The Kier molecular flexibility index (Phi) is 3.91. The molecule has 0 bridgehead atoms. The fraction of sp³-hybridized carbons (Fsp3) is 0.692. The Morgan fingerprint density at radius 3 is 2.74 bits per heavy atom. The van der Waals surface area contributed by atoms with E-state index in [-0.39, 0.29) is 12.5 Å². The Hall–Kier alpha value is -1.40. The van der Waals surface area contributed by atoms with E-state index in [0.29, 0.717) is 49.7 Å². The van der Waals surface area contributed by atoms with Crippen molar-refractivity contribution in [3.8, 4) is 0 Å². The summed E-state index contributed by atoms with van der Waals surface area (Å²) in [5.41, 5.74) is -0.726. The molecule has 0 radical (unpaired) electrons. The van der Waals surface area contributed by atoms with Crippen molar-refractivity contribution in [3.05, 3.63) is 17.3 Å². The van der Waals surface area contributed by atoms with Gasteiger partial charge in [0, 0.05) is 20.0 Å². The second-order valence-electron chi connectivity index (χ2n) is 5.17. The van der Waals surface area contributed by atoms with Crippen LogP contribution in [0.2, 0.25) is 0 Å². The molecule has 6 nitrogen and oxygen atoms in total. The first kappa shape index (κ1) is 14.0. The van der Waals surface area contributed by atoms with E-state index in [1.54, 1.807) is 18.7 Å². The lowest BCUT2D eigenvalue weighted by Crippen LogP contribution is -2.36. The van der Waals surface area contributed by atoms with E-state index in [1.807, 2.05) is 0 Å². The molecule has 0 saturated carbocycles. The van der Waals surface area contributed by atoms with Gasteiger partial charge in [0.2, 0.25) is 0 Å². The summed E-state index contributed by atoms with van der Waals surface area (Å²) in [5.74, 6) is 0.822. The van der Waals surface area contributed by atoms with Crippen LogP contribution in [0.3, 0.4) is 0 Å². The van der Waals surface area contributed by atoms with E-state index in [9.17, 15) is 15.0 Å². The third-order valence-corrected chi connectivity index (χ3v) is 3.60. The molecule has 1 aliphatic heterocycles. The first-order chi connectivity index (χ1) is 8.95. The number of likely N-dealkylation sites (tertiary alicyclic amines) is 1. The molecule has 0 aliphatic carbocycles. The summed E-state index contributed by atoms with van der Waals surface area (Å²) in [4.78, 5) is 18.1. The molecule has 2 N–H and O–H groups in total. The van der Waals surface area contributed by atoms with Gasteiger partial charge in [-0.3, -0.25) is 4.79 Å². The number of rotatable bonds is 2. The Morgan fingerprint density at radius 1 is 1.42 bits per heavy atom. The molecule has 106 valence electrons. The molecule has 1 atom stereocenters. The molecular weight excluding hydrogens is 248 g/mol. The van der Waals surface area contributed by atoms with Crippen molar-refractivity contribution in [2.75, 3.05) is 19.7 Å². The van der Waals surface area contributed by atoms with Crippen LogP contribution < -0.4 is 0 Å². The highest BCUT2D eigenvalue weighted by molar-refractivity contribution is 5.93. The van der Waals surface area contributed by atoms with Gasteiger partial charge in [-0.2, -0.15) is 0 Å². The highest BCUT2D eigenvalue weighted by Crippen LogP contribution is 2.23. The van der Waals surface area contributed by atoms with Crippen molar-refractivity contribution < 1.29 is 19.4 Å². The predicted octanol–water partition coefficient (Wildman–Crippen LogP) is 0.641. The van der Waals surface area contributed by atoms with Crippen molar-refractivity contribution in [2.24, 2.45) is 0 Å². The summed E-state index contributed by atoms with van der Waals surface area (Å²) in [6.07, 6.45) is 1.55. The highest BCUT2D eigenvalue weighted by atomic mass is 16.4. The first-order valence-electron chi connectivity index (χ1n) is 6.52. The number of carbonyl (C=O) groups excluding carboxylic acids is 1. The molecular formula is C13H20N2O4. The van der Waals surface area contributed by atoms with Gasteiger partial charge in [-0.1, -0.05) is 0 Å². The number of aliphatic hydroxyl groups excluding tert-OH is 1. The number of hydrogen-bond acceptors (Lipinski definition) is 5. The van der Waals surface area contributed by atoms with Gasteiger partial charge in [0.05, 0.1) is 12.2 Å². The number of nitrogens with zero attached hydrogens (tertiary/aromatic N) is 2. The van der Waals surface area contributed by atoms with Crippen molar-refractivity contribution in [1.82, 2.24) is 9.88 Å². The number of oxazole rings is 1. The topological polar surface area (TPSA) is 86.8 Å².